The Morgan fingerprint density at radius 1 is 1.40 bits per heavy atom. The first-order valence-corrected chi connectivity index (χ1v) is 9.16. The van der Waals surface area contributed by atoms with E-state index in [0.717, 1.165) is 69.7 Å². The van der Waals surface area contributed by atoms with Crippen LogP contribution in [0.15, 0.2) is 4.99 Å². The predicted molar refractivity (Wildman–Crippen MR) is 95.4 cm³/mol. The molecule has 1 N–H and O–H groups in total. The molecule has 0 bridgehead atoms. The molecule has 3 heterocycles. The average Bonchev–Trinajstić information content (AvgIpc) is 3.34. The van der Waals surface area contributed by atoms with E-state index in [-0.39, 0.29) is 0 Å². The first-order valence-electron chi connectivity index (χ1n) is 9.16. The maximum absolute atomic E-state index is 5.73. The van der Waals surface area contributed by atoms with Gasteiger partial charge in [-0.25, -0.2) is 4.99 Å². The van der Waals surface area contributed by atoms with Crippen LogP contribution >= 0.6 is 0 Å². The summed E-state index contributed by atoms with van der Waals surface area (Å²) < 4.78 is 13.0. The zero-order chi connectivity index (χ0) is 17.6. The van der Waals surface area contributed by atoms with Gasteiger partial charge in [0.2, 0.25) is 0 Å². The lowest BCUT2D eigenvalue weighted by atomic mass is 10.1. The third-order valence-corrected chi connectivity index (χ3v) is 5.05. The molecular weight excluding hydrogens is 320 g/mol. The number of nitrogens with one attached hydrogen (secondary N) is 1. The van der Waals surface area contributed by atoms with E-state index in [9.17, 15) is 0 Å². The van der Waals surface area contributed by atoms with Gasteiger partial charge in [0, 0.05) is 46.3 Å². The third kappa shape index (κ3) is 4.70. The summed E-state index contributed by atoms with van der Waals surface area (Å²) in [5.41, 5.74) is 0. The number of aromatic nitrogens is 3. The minimum absolute atomic E-state index is 0.291. The second kappa shape index (κ2) is 8.62. The number of methoxy groups -OCH3 is 1. The topological polar surface area (TPSA) is 76.8 Å². The Hall–Kier alpha value is -1.67. The molecule has 8 nitrogen and oxygen atoms in total. The summed E-state index contributed by atoms with van der Waals surface area (Å²) in [7, 11) is 3.74. The van der Waals surface area contributed by atoms with Crippen LogP contribution in [0.4, 0.5) is 0 Å². The van der Waals surface area contributed by atoms with Crippen LogP contribution in [0.1, 0.15) is 30.9 Å². The van der Waals surface area contributed by atoms with Crippen LogP contribution in [0.3, 0.4) is 0 Å². The minimum Gasteiger partial charge on any atom is -0.384 e. The van der Waals surface area contributed by atoms with E-state index >= 15 is 0 Å². The van der Waals surface area contributed by atoms with Crippen molar-refractivity contribution < 1.29 is 9.47 Å². The molecule has 0 radical (unpaired) electrons. The van der Waals surface area contributed by atoms with Crippen molar-refractivity contribution in [1.29, 1.82) is 0 Å². The first-order chi connectivity index (χ1) is 12.2. The number of aliphatic imine (C=N–C) groups is 1. The highest BCUT2D eigenvalue weighted by atomic mass is 16.5. The maximum atomic E-state index is 5.73. The van der Waals surface area contributed by atoms with E-state index in [1.807, 2.05) is 18.5 Å². The molecule has 0 spiro atoms. The smallest absolute Gasteiger partial charge is 0.194 e. The van der Waals surface area contributed by atoms with E-state index in [4.69, 9.17) is 14.5 Å². The van der Waals surface area contributed by atoms with E-state index in [0.29, 0.717) is 18.6 Å². The summed E-state index contributed by atoms with van der Waals surface area (Å²) >= 11 is 0. The van der Waals surface area contributed by atoms with Crippen LogP contribution in [0.5, 0.6) is 0 Å². The zero-order valence-electron chi connectivity index (χ0n) is 15.6. The van der Waals surface area contributed by atoms with Crippen LogP contribution in [0.2, 0.25) is 0 Å². The van der Waals surface area contributed by atoms with Crippen molar-refractivity contribution in [3.63, 3.8) is 0 Å². The fourth-order valence-electron chi connectivity index (χ4n) is 3.41. The lowest BCUT2D eigenvalue weighted by Gasteiger charge is -2.23. The number of hydrogen-bond acceptors (Lipinski definition) is 5. The van der Waals surface area contributed by atoms with Crippen LogP contribution in [-0.2, 0) is 23.1 Å². The molecule has 2 aliphatic heterocycles. The number of guanidine groups is 1. The molecular formula is C17H30N6O2. The van der Waals surface area contributed by atoms with Gasteiger partial charge in [-0.2, -0.15) is 0 Å². The number of hydrogen-bond donors (Lipinski definition) is 1. The lowest BCUT2D eigenvalue weighted by molar-refractivity contribution is 0.113. The first kappa shape index (κ1) is 18.1. The fraction of sp³-hybridized carbons (Fsp3) is 0.824. The molecule has 0 aliphatic carbocycles. The molecule has 25 heavy (non-hydrogen) atoms. The Morgan fingerprint density at radius 3 is 2.96 bits per heavy atom. The highest BCUT2D eigenvalue weighted by molar-refractivity contribution is 5.80. The summed E-state index contributed by atoms with van der Waals surface area (Å²) in [6, 6.07) is 0. The van der Waals surface area contributed by atoms with Gasteiger partial charge in [0.15, 0.2) is 11.8 Å². The third-order valence-electron chi connectivity index (χ3n) is 5.05. The molecule has 0 saturated carbocycles. The quantitative estimate of drug-likeness (QED) is 0.602. The normalized spacial score (nSPS) is 24.3. The zero-order valence-corrected chi connectivity index (χ0v) is 15.6. The Morgan fingerprint density at radius 2 is 2.28 bits per heavy atom. The standard InChI is InChI=1S/C17H30N6O2/c1-13-20-21-16(22(13)2)10-19-17(18-9-15-5-4-8-25-15)23-7-6-14(11-23)12-24-3/h14-15H,4-12H2,1-3H3,(H,18,19). The highest BCUT2D eigenvalue weighted by Gasteiger charge is 2.26. The van der Waals surface area contributed by atoms with Gasteiger partial charge in [-0.1, -0.05) is 0 Å². The van der Waals surface area contributed by atoms with E-state index in [1.54, 1.807) is 7.11 Å². The Bertz CT molecular complexity index is 582. The van der Waals surface area contributed by atoms with Gasteiger partial charge in [0.05, 0.1) is 12.7 Å². The summed E-state index contributed by atoms with van der Waals surface area (Å²) in [6.45, 7) is 6.94. The highest BCUT2D eigenvalue weighted by Crippen LogP contribution is 2.17. The fourth-order valence-corrected chi connectivity index (χ4v) is 3.41. The van der Waals surface area contributed by atoms with Crippen molar-refractivity contribution in [2.45, 2.75) is 38.8 Å². The summed E-state index contributed by atoms with van der Waals surface area (Å²) in [6.07, 6.45) is 3.70. The van der Waals surface area contributed by atoms with Crippen molar-refractivity contribution >= 4 is 5.96 Å². The lowest BCUT2D eigenvalue weighted by Crippen LogP contribution is -2.43. The monoisotopic (exact) mass is 350 g/mol. The molecule has 2 fully saturated rings. The Balaban J connectivity index is 1.64. The second-order valence-corrected chi connectivity index (χ2v) is 6.93. The van der Waals surface area contributed by atoms with Crippen molar-refractivity contribution in [2.24, 2.45) is 18.0 Å². The van der Waals surface area contributed by atoms with Gasteiger partial charge in [-0.05, 0) is 26.2 Å². The molecule has 0 aromatic carbocycles. The van der Waals surface area contributed by atoms with Crippen LogP contribution in [0, 0.1) is 12.8 Å². The molecule has 140 valence electrons. The maximum Gasteiger partial charge on any atom is 0.194 e. The number of rotatable bonds is 6. The van der Waals surface area contributed by atoms with Gasteiger partial charge >= 0.3 is 0 Å². The summed E-state index contributed by atoms with van der Waals surface area (Å²) in [4.78, 5) is 7.14. The average molecular weight is 350 g/mol. The van der Waals surface area contributed by atoms with Gasteiger partial charge in [0.25, 0.3) is 0 Å². The van der Waals surface area contributed by atoms with Gasteiger partial charge in [-0.3, -0.25) is 0 Å². The van der Waals surface area contributed by atoms with Crippen molar-refractivity contribution in [2.75, 3.05) is 40.0 Å². The number of nitrogens with zero attached hydrogens (tertiary/aromatic N) is 5. The molecule has 2 atom stereocenters. The summed E-state index contributed by atoms with van der Waals surface area (Å²) in [5.74, 6) is 3.29. The van der Waals surface area contributed by atoms with Gasteiger partial charge in [0.1, 0.15) is 12.4 Å². The van der Waals surface area contributed by atoms with Crippen LogP contribution in [0.25, 0.3) is 0 Å². The van der Waals surface area contributed by atoms with Crippen molar-refractivity contribution in [3.8, 4) is 0 Å². The molecule has 1 aromatic rings. The Kier molecular flexibility index (Phi) is 6.25. The van der Waals surface area contributed by atoms with Gasteiger partial charge in [-0.15, -0.1) is 10.2 Å². The number of aryl methyl sites for hydroxylation is 1. The minimum atomic E-state index is 0.291. The van der Waals surface area contributed by atoms with E-state index in [1.165, 1.54) is 0 Å². The second-order valence-electron chi connectivity index (χ2n) is 6.93. The van der Waals surface area contributed by atoms with E-state index in [2.05, 4.69) is 20.4 Å². The number of ether oxygens (including phenoxy) is 2. The SMILES string of the molecule is COCC1CCN(C(=NCc2nnc(C)n2C)NCC2CCCO2)C1. The molecule has 0 amide bonds. The molecule has 3 rings (SSSR count). The molecule has 2 aliphatic rings. The molecule has 2 unspecified atom stereocenters. The Labute approximate surface area is 149 Å². The molecule has 8 heteroatoms. The molecule has 2 saturated heterocycles. The molecule has 1 aromatic heterocycles. The van der Waals surface area contributed by atoms with Crippen LogP contribution < -0.4 is 5.32 Å². The van der Waals surface area contributed by atoms with Gasteiger partial charge < -0.3 is 24.3 Å². The largest absolute Gasteiger partial charge is 0.384 e. The number of likely N-dealkylation sites (tertiary alicyclic amines) is 1. The summed E-state index contributed by atoms with van der Waals surface area (Å²) in [5, 5.41) is 11.8. The van der Waals surface area contributed by atoms with E-state index < -0.39 is 0 Å². The van der Waals surface area contributed by atoms with Crippen LogP contribution in [-0.4, -0.2) is 71.7 Å². The predicted octanol–water partition coefficient (Wildman–Crippen LogP) is 0.716. The van der Waals surface area contributed by atoms with Crippen molar-refractivity contribution in [1.82, 2.24) is 25.0 Å². The van der Waals surface area contributed by atoms with Crippen molar-refractivity contribution in [3.05, 3.63) is 11.6 Å².